The van der Waals surface area contributed by atoms with Crippen molar-refractivity contribution in [3.8, 4) is 0 Å². The van der Waals surface area contributed by atoms with Gasteiger partial charge in [-0.2, -0.15) is 0 Å². The molecule has 0 aromatic carbocycles. The molecule has 1 fully saturated rings. The molecule has 1 aliphatic carbocycles. The molecule has 1 heterocycles. The van der Waals surface area contributed by atoms with Crippen LogP contribution in [0.1, 0.15) is 44.2 Å². The number of hydrogen-bond acceptors (Lipinski definition) is 4. The highest BCUT2D eigenvalue weighted by atomic mass is 35.5. The molecule has 1 saturated carbocycles. The van der Waals surface area contributed by atoms with Gasteiger partial charge in [0, 0.05) is 17.9 Å². The Bertz CT molecular complexity index is 586. The average Bonchev–Trinajstić information content (AvgIpc) is 2.74. The summed E-state index contributed by atoms with van der Waals surface area (Å²) in [7, 11) is -2.98. The van der Waals surface area contributed by atoms with E-state index in [4.69, 9.17) is 23.2 Å². The van der Waals surface area contributed by atoms with Crippen LogP contribution in [0.2, 0.25) is 8.67 Å². The lowest BCUT2D eigenvalue weighted by Crippen LogP contribution is -2.35. The molecule has 0 radical (unpaired) electrons. The monoisotopic (exact) mass is 369 g/mol. The van der Waals surface area contributed by atoms with E-state index in [2.05, 4.69) is 5.32 Å². The average molecular weight is 370 g/mol. The van der Waals surface area contributed by atoms with Crippen LogP contribution in [0.4, 0.5) is 0 Å². The van der Waals surface area contributed by atoms with Crippen molar-refractivity contribution in [3.63, 3.8) is 0 Å². The second kappa shape index (κ2) is 7.18. The van der Waals surface area contributed by atoms with E-state index >= 15 is 0 Å². The Kier molecular flexibility index (Phi) is 5.99. The van der Waals surface area contributed by atoms with Crippen LogP contribution in [0.25, 0.3) is 0 Å². The van der Waals surface area contributed by atoms with Gasteiger partial charge in [-0.05, 0) is 37.8 Å². The van der Waals surface area contributed by atoms with Gasteiger partial charge in [0.2, 0.25) is 0 Å². The smallest absolute Gasteiger partial charge is 0.150 e. The van der Waals surface area contributed by atoms with Gasteiger partial charge in [-0.1, -0.05) is 36.5 Å². The summed E-state index contributed by atoms with van der Waals surface area (Å²) in [4.78, 5) is 0. The summed E-state index contributed by atoms with van der Waals surface area (Å²) in [6.07, 6.45) is 4.77. The summed E-state index contributed by atoms with van der Waals surface area (Å²) in [6, 6.07) is 1.99. The van der Waals surface area contributed by atoms with Crippen molar-refractivity contribution < 1.29 is 8.42 Å². The Morgan fingerprint density at radius 3 is 2.67 bits per heavy atom. The maximum atomic E-state index is 11.9. The van der Waals surface area contributed by atoms with E-state index in [0.717, 1.165) is 31.4 Å². The molecular formula is C14H21Cl2NO2S2. The molecule has 0 spiro atoms. The van der Waals surface area contributed by atoms with Gasteiger partial charge in [0.05, 0.1) is 13.9 Å². The van der Waals surface area contributed by atoms with Crippen LogP contribution in [-0.4, -0.2) is 26.5 Å². The molecule has 1 N–H and O–H groups in total. The Balaban J connectivity index is 2.24. The normalized spacial score (nSPS) is 25.0. The van der Waals surface area contributed by atoms with Gasteiger partial charge in [-0.25, -0.2) is 8.42 Å². The quantitative estimate of drug-likeness (QED) is 0.840. The summed E-state index contributed by atoms with van der Waals surface area (Å²) in [5, 5.41) is 3.23. The van der Waals surface area contributed by atoms with Crippen molar-refractivity contribution in [3.05, 3.63) is 20.3 Å². The van der Waals surface area contributed by atoms with E-state index in [1.807, 2.05) is 13.0 Å². The lowest BCUT2D eigenvalue weighted by Gasteiger charge is -2.34. The van der Waals surface area contributed by atoms with Crippen molar-refractivity contribution in [2.24, 2.45) is 5.92 Å². The van der Waals surface area contributed by atoms with Gasteiger partial charge in [0.25, 0.3) is 0 Å². The van der Waals surface area contributed by atoms with Crippen molar-refractivity contribution in [2.45, 2.75) is 43.9 Å². The highest BCUT2D eigenvalue weighted by Crippen LogP contribution is 2.42. The molecule has 0 aliphatic heterocycles. The summed E-state index contributed by atoms with van der Waals surface area (Å²) >= 11 is 13.7. The Morgan fingerprint density at radius 1 is 1.43 bits per heavy atom. The molecule has 3 atom stereocenters. The molecule has 120 valence electrons. The topological polar surface area (TPSA) is 46.2 Å². The van der Waals surface area contributed by atoms with Gasteiger partial charge in [0.1, 0.15) is 9.84 Å². The van der Waals surface area contributed by atoms with E-state index in [0.29, 0.717) is 15.1 Å². The van der Waals surface area contributed by atoms with Crippen LogP contribution in [0.3, 0.4) is 0 Å². The van der Waals surface area contributed by atoms with Crippen LogP contribution in [0.5, 0.6) is 0 Å². The Hall–Kier alpha value is 0.190. The van der Waals surface area contributed by atoms with Crippen LogP contribution >= 0.6 is 34.5 Å². The predicted octanol–water partition coefficient (Wildman–Crippen LogP) is 4.31. The molecule has 3 unspecified atom stereocenters. The first kappa shape index (κ1) is 17.5. The minimum absolute atomic E-state index is 0.0794. The van der Waals surface area contributed by atoms with Crippen molar-refractivity contribution >= 4 is 44.4 Å². The molecule has 21 heavy (non-hydrogen) atoms. The van der Waals surface area contributed by atoms with Crippen LogP contribution in [0, 0.1) is 5.92 Å². The molecule has 2 rings (SSSR count). The Morgan fingerprint density at radius 2 is 2.14 bits per heavy atom. The second-order valence-corrected chi connectivity index (χ2v) is 10.3. The lowest BCUT2D eigenvalue weighted by atomic mass is 9.81. The van der Waals surface area contributed by atoms with E-state index in [9.17, 15) is 8.42 Å². The predicted molar refractivity (Wildman–Crippen MR) is 91.3 cm³/mol. The summed E-state index contributed by atoms with van der Waals surface area (Å²) in [6.45, 7) is 2.86. The third-order valence-electron chi connectivity index (χ3n) is 4.19. The summed E-state index contributed by atoms with van der Waals surface area (Å²) in [5.74, 6) is 0.279. The molecular weight excluding hydrogens is 349 g/mol. The highest BCUT2D eigenvalue weighted by molar-refractivity contribution is 7.91. The first-order valence-corrected chi connectivity index (χ1v) is 10.7. The number of halogens is 2. The molecule has 0 bridgehead atoms. The first-order chi connectivity index (χ1) is 9.82. The van der Waals surface area contributed by atoms with E-state index in [-0.39, 0.29) is 17.2 Å². The third kappa shape index (κ3) is 4.35. The van der Waals surface area contributed by atoms with Crippen LogP contribution in [-0.2, 0) is 9.84 Å². The van der Waals surface area contributed by atoms with Gasteiger partial charge >= 0.3 is 0 Å². The fourth-order valence-corrected chi connectivity index (χ4v) is 5.93. The summed E-state index contributed by atoms with van der Waals surface area (Å²) in [5.41, 5.74) is 1.01. The number of sulfone groups is 1. The maximum Gasteiger partial charge on any atom is 0.150 e. The molecule has 0 amide bonds. The minimum atomic E-state index is -2.98. The van der Waals surface area contributed by atoms with Gasteiger partial charge in [-0.3, -0.25) is 0 Å². The largest absolute Gasteiger partial charge is 0.310 e. The SMILES string of the molecule is CCNC(c1cc(Cl)sc1Cl)C1CCCC(S(C)(=O)=O)C1. The van der Waals surface area contributed by atoms with Crippen molar-refractivity contribution in [2.75, 3.05) is 12.8 Å². The fourth-order valence-electron chi connectivity index (χ4n) is 3.19. The minimum Gasteiger partial charge on any atom is -0.310 e. The fraction of sp³-hybridized carbons (Fsp3) is 0.714. The molecule has 1 aromatic heterocycles. The van der Waals surface area contributed by atoms with E-state index in [1.165, 1.54) is 17.6 Å². The van der Waals surface area contributed by atoms with E-state index in [1.54, 1.807) is 0 Å². The molecule has 1 aliphatic rings. The van der Waals surface area contributed by atoms with Gasteiger partial charge in [0.15, 0.2) is 0 Å². The number of thiophene rings is 1. The number of nitrogens with one attached hydrogen (secondary N) is 1. The van der Waals surface area contributed by atoms with Gasteiger partial charge < -0.3 is 5.32 Å². The van der Waals surface area contributed by atoms with Crippen molar-refractivity contribution in [1.82, 2.24) is 5.32 Å². The second-order valence-electron chi connectivity index (χ2n) is 5.69. The first-order valence-electron chi connectivity index (χ1n) is 7.20. The van der Waals surface area contributed by atoms with E-state index < -0.39 is 9.84 Å². The molecule has 7 heteroatoms. The maximum absolute atomic E-state index is 11.9. The lowest BCUT2D eigenvalue weighted by molar-refractivity contribution is 0.276. The molecule has 0 saturated heterocycles. The summed E-state index contributed by atoms with van der Waals surface area (Å²) < 4.78 is 25.1. The zero-order valence-corrected chi connectivity index (χ0v) is 15.4. The van der Waals surface area contributed by atoms with Crippen LogP contribution < -0.4 is 5.32 Å². The zero-order valence-electron chi connectivity index (χ0n) is 12.2. The molecule has 1 aromatic rings. The van der Waals surface area contributed by atoms with Crippen molar-refractivity contribution in [1.29, 1.82) is 0 Å². The third-order valence-corrected chi connectivity index (χ3v) is 7.34. The zero-order chi connectivity index (χ0) is 15.6. The van der Waals surface area contributed by atoms with Gasteiger partial charge in [-0.15, -0.1) is 11.3 Å². The Labute approximate surface area is 140 Å². The number of rotatable bonds is 5. The number of hydrogen-bond donors (Lipinski definition) is 1. The standard InChI is InChI=1S/C14H21Cl2NO2S2/c1-3-17-13(11-8-12(15)20-14(11)16)9-5-4-6-10(7-9)21(2,18)19/h8-10,13,17H,3-7H2,1-2H3. The molecule has 3 nitrogen and oxygen atoms in total. The highest BCUT2D eigenvalue weighted by Gasteiger charge is 2.34. The van der Waals surface area contributed by atoms with Crippen LogP contribution in [0.15, 0.2) is 6.07 Å².